The Morgan fingerprint density at radius 3 is 2.60 bits per heavy atom. The van der Waals surface area contributed by atoms with Crippen molar-refractivity contribution in [3.8, 4) is 0 Å². The highest BCUT2D eigenvalue weighted by atomic mass is 35.5. The van der Waals surface area contributed by atoms with Crippen LogP contribution in [-0.2, 0) is 6.54 Å². The standard InChI is InChI=1S/C19H22ClFN8S/c1-12-10-23-19(30-12)27-17-24-16(22-11-13-3-4-15(21)14(20)9-13)25-18(26-17)29-7-5-28(2)6-8-29/h3-4,9-10H,5-8,11H2,1-2H3,(H2,22,23,24,25,26,27). The van der Waals surface area contributed by atoms with E-state index < -0.39 is 5.82 Å². The van der Waals surface area contributed by atoms with Crippen molar-refractivity contribution in [2.75, 3.05) is 48.8 Å². The van der Waals surface area contributed by atoms with Crippen LogP contribution in [0, 0.1) is 12.7 Å². The van der Waals surface area contributed by atoms with E-state index in [1.54, 1.807) is 18.3 Å². The van der Waals surface area contributed by atoms with Crippen molar-refractivity contribution >= 4 is 45.9 Å². The van der Waals surface area contributed by atoms with Gasteiger partial charge in [-0.3, -0.25) is 5.32 Å². The average molecular weight is 449 g/mol. The lowest BCUT2D eigenvalue weighted by molar-refractivity contribution is 0.311. The van der Waals surface area contributed by atoms with Gasteiger partial charge in [-0.2, -0.15) is 15.0 Å². The number of hydrogen-bond acceptors (Lipinski definition) is 9. The molecule has 0 bridgehead atoms. The molecule has 1 aliphatic heterocycles. The number of piperazine rings is 1. The lowest BCUT2D eigenvalue weighted by Gasteiger charge is -2.32. The van der Waals surface area contributed by atoms with Crippen molar-refractivity contribution in [1.29, 1.82) is 0 Å². The first-order chi connectivity index (χ1) is 14.5. The van der Waals surface area contributed by atoms with E-state index in [0.717, 1.165) is 41.8 Å². The average Bonchev–Trinajstić information content (AvgIpc) is 3.14. The number of rotatable bonds is 6. The molecule has 11 heteroatoms. The highest BCUT2D eigenvalue weighted by molar-refractivity contribution is 7.15. The first-order valence-corrected chi connectivity index (χ1v) is 10.7. The van der Waals surface area contributed by atoms with Gasteiger partial charge in [-0.25, -0.2) is 9.37 Å². The molecule has 0 saturated carbocycles. The highest BCUT2D eigenvalue weighted by Crippen LogP contribution is 2.23. The van der Waals surface area contributed by atoms with Gasteiger partial charge in [0.1, 0.15) is 5.82 Å². The summed E-state index contributed by atoms with van der Waals surface area (Å²) in [5.41, 5.74) is 0.827. The van der Waals surface area contributed by atoms with Crippen molar-refractivity contribution in [3.63, 3.8) is 0 Å². The van der Waals surface area contributed by atoms with Gasteiger partial charge in [0, 0.05) is 43.8 Å². The lowest BCUT2D eigenvalue weighted by atomic mass is 10.2. The Morgan fingerprint density at radius 2 is 1.90 bits per heavy atom. The predicted molar refractivity (Wildman–Crippen MR) is 118 cm³/mol. The van der Waals surface area contributed by atoms with Crippen molar-refractivity contribution in [1.82, 2.24) is 24.8 Å². The first-order valence-electron chi connectivity index (χ1n) is 9.53. The molecule has 3 heterocycles. The number of nitrogens with one attached hydrogen (secondary N) is 2. The van der Waals surface area contributed by atoms with E-state index in [0.29, 0.717) is 24.4 Å². The third kappa shape index (κ3) is 5.13. The van der Waals surface area contributed by atoms with Crippen LogP contribution in [0.1, 0.15) is 10.4 Å². The fourth-order valence-corrected chi connectivity index (χ4v) is 3.85. The van der Waals surface area contributed by atoms with Gasteiger partial charge in [-0.05, 0) is 31.7 Å². The molecule has 30 heavy (non-hydrogen) atoms. The van der Waals surface area contributed by atoms with Crippen LogP contribution in [0.25, 0.3) is 0 Å². The Balaban J connectivity index is 1.56. The summed E-state index contributed by atoms with van der Waals surface area (Å²) in [6.45, 7) is 5.95. The maximum Gasteiger partial charge on any atom is 0.235 e. The van der Waals surface area contributed by atoms with Gasteiger partial charge in [-0.15, -0.1) is 11.3 Å². The molecule has 8 nitrogen and oxygen atoms in total. The number of anilines is 4. The number of halogens is 2. The zero-order valence-corrected chi connectivity index (χ0v) is 18.3. The number of hydrogen-bond donors (Lipinski definition) is 2. The maximum absolute atomic E-state index is 13.4. The van der Waals surface area contributed by atoms with Gasteiger partial charge in [0.25, 0.3) is 0 Å². The topological polar surface area (TPSA) is 82.1 Å². The summed E-state index contributed by atoms with van der Waals surface area (Å²) >= 11 is 7.41. The van der Waals surface area contributed by atoms with Crippen LogP contribution < -0.4 is 15.5 Å². The summed E-state index contributed by atoms with van der Waals surface area (Å²) < 4.78 is 13.4. The summed E-state index contributed by atoms with van der Waals surface area (Å²) in [5.74, 6) is 1.01. The van der Waals surface area contributed by atoms with Crippen molar-refractivity contribution in [3.05, 3.63) is 45.7 Å². The summed E-state index contributed by atoms with van der Waals surface area (Å²) in [6.07, 6.45) is 1.80. The fourth-order valence-electron chi connectivity index (χ4n) is 2.99. The fraction of sp³-hybridized carbons (Fsp3) is 0.368. The molecule has 4 rings (SSSR count). The van der Waals surface area contributed by atoms with E-state index in [1.807, 2.05) is 6.92 Å². The van der Waals surface area contributed by atoms with E-state index in [4.69, 9.17) is 11.6 Å². The lowest BCUT2D eigenvalue weighted by Crippen LogP contribution is -2.45. The van der Waals surface area contributed by atoms with Crippen molar-refractivity contribution < 1.29 is 4.39 Å². The van der Waals surface area contributed by atoms with Crippen LogP contribution >= 0.6 is 22.9 Å². The Kier molecular flexibility index (Phi) is 6.26. The summed E-state index contributed by atoms with van der Waals surface area (Å²) in [7, 11) is 2.10. The third-order valence-electron chi connectivity index (χ3n) is 4.68. The number of thiazole rings is 1. The molecule has 2 aromatic heterocycles. The normalized spacial score (nSPS) is 14.7. The van der Waals surface area contributed by atoms with Gasteiger partial charge in [0.2, 0.25) is 17.8 Å². The Labute approximate surface area is 183 Å². The van der Waals surface area contributed by atoms with Crippen LogP contribution in [-0.4, -0.2) is 58.1 Å². The number of aromatic nitrogens is 4. The molecule has 2 N–H and O–H groups in total. The van der Waals surface area contributed by atoms with Crippen molar-refractivity contribution in [2.24, 2.45) is 0 Å². The summed E-state index contributed by atoms with van der Waals surface area (Å²) in [6, 6.07) is 4.61. The van der Waals surface area contributed by atoms with Crippen LogP contribution in [0.4, 0.5) is 27.4 Å². The highest BCUT2D eigenvalue weighted by Gasteiger charge is 2.19. The SMILES string of the molecule is Cc1cnc(Nc2nc(NCc3ccc(F)c(Cl)c3)nc(N3CCN(C)CC3)n2)s1. The number of likely N-dealkylation sites (N-methyl/N-ethyl adjacent to an activating group) is 1. The van der Waals surface area contributed by atoms with Crippen LogP contribution in [0.2, 0.25) is 5.02 Å². The maximum atomic E-state index is 13.4. The molecule has 1 saturated heterocycles. The second kappa shape index (κ2) is 9.07. The molecule has 0 radical (unpaired) electrons. The zero-order chi connectivity index (χ0) is 21.1. The van der Waals surface area contributed by atoms with Crippen LogP contribution in [0.5, 0.6) is 0 Å². The molecule has 158 valence electrons. The van der Waals surface area contributed by atoms with Crippen LogP contribution in [0.15, 0.2) is 24.4 Å². The van der Waals surface area contributed by atoms with E-state index in [2.05, 4.69) is 47.4 Å². The molecular weight excluding hydrogens is 427 g/mol. The number of aryl methyl sites for hydroxylation is 1. The van der Waals surface area contributed by atoms with Crippen LogP contribution in [0.3, 0.4) is 0 Å². The molecule has 0 spiro atoms. The van der Waals surface area contributed by atoms with Crippen molar-refractivity contribution in [2.45, 2.75) is 13.5 Å². The van der Waals surface area contributed by atoms with Gasteiger partial charge in [0.15, 0.2) is 5.13 Å². The second-order valence-corrected chi connectivity index (χ2v) is 8.72. The molecule has 1 aliphatic rings. The smallest absolute Gasteiger partial charge is 0.235 e. The Bertz CT molecular complexity index is 1020. The number of nitrogens with zero attached hydrogens (tertiary/aromatic N) is 6. The minimum atomic E-state index is -0.442. The van der Waals surface area contributed by atoms with E-state index >= 15 is 0 Å². The Morgan fingerprint density at radius 1 is 1.13 bits per heavy atom. The van der Waals surface area contributed by atoms with E-state index in [9.17, 15) is 4.39 Å². The van der Waals surface area contributed by atoms with E-state index in [1.165, 1.54) is 17.4 Å². The third-order valence-corrected chi connectivity index (χ3v) is 5.80. The quantitative estimate of drug-likeness (QED) is 0.592. The van der Waals surface area contributed by atoms with E-state index in [-0.39, 0.29) is 5.02 Å². The second-order valence-electron chi connectivity index (χ2n) is 7.08. The molecule has 3 aromatic rings. The monoisotopic (exact) mass is 448 g/mol. The molecule has 1 aromatic carbocycles. The first kappa shape index (κ1) is 20.7. The molecule has 1 fully saturated rings. The minimum Gasteiger partial charge on any atom is -0.350 e. The van der Waals surface area contributed by atoms with Gasteiger partial charge < -0.3 is 15.1 Å². The number of benzene rings is 1. The largest absolute Gasteiger partial charge is 0.350 e. The molecule has 0 aliphatic carbocycles. The predicted octanol–water partition coefficient (Wildman–Crippen LogP) is 3.54. The zero-order valence-electron chi connectivity index (χ0n) is 16.7. The molecule has 0 unspecified atom stereocenters. The Hall–Kier alpha value is -2.56. The van der Waals surface area contributed by atoms with Gasteiger partial charge in [-0.1, -0.05) is 17.7 Å². The summed E-state index contributed by atoms with van der Waals surface area (Å²) in [5, 5.41) is 7.16. The van der Waals surface area contributed by atoms with Gasteiger partial charge in [0.05, 0.1) is 5.02 Å². The minimum absolute atomic E-state index is 0.0876. The molecule has 0 atom stereocenters. The van der Waals surface area contributed by atoms with Gasteiger partial charge >= 0.3 is 0 Å². The molecule has 0 amide bonds. The molecular formula is C19H22ClFN8S. The summed E-state index contributed by atoms with van der Waals surface area (Å²) in [4.78, 5) is 23.5.